The number of thioether (sulfide) groups is 1. The van der Waals surface area contributed by atoms with Gasteiger partial charge >= 0.3 is 0 Å². The summed E-state index contributed by atoms with van der Waals surface area (Å²) in [6.07, 6.45) is 7.62. The normalized spacial score (nSPS) is 19.0. The first-order valence-corrected chi connectivity index (χ1v) is 16.2. The SMILES string of the molecule is CCCCN1C(=O)C(=CC(=C2SC(c3ccccc3)=C(c3ccccc3)N2CC)C2CC2)C(=O)N(CCCC)C1=S. The van der Waals surface area contributed by atoms with Crippen molar-refractivity contribution in [3.63, 3.8) is 0 Å². The molecule has 5 nitrogen and oxygen atoms in total. The van der Waals surface area contributed by atoms with Crippen LogP contribution in [0, 0.1) is 5.92 Å². The molecule has 0 N–H and O–H groups in total. The number of allylic oxidation sites excluding steroid dienone is 2. The number of benzene rings is 2. The number of nitrogens with zero attached hydrogens (tertiary/aromatic N) is 3. The van der Waals surface area contributed by atoms with Gasteiger partial charge in [-0.2, -0.15) is 0 Å². The molecule has 7 heteroatoms. The van der Waals surface area contributed by atoms with E-state index < -0.39 is 0 Å². The molecule has 2 aromatic carbocycles. The third kappa shape index (κ3) is 6.07. The van der Waals surface area contributed by atoms with Crippen LogP contribution in [0.15, 0.2) is 82.9 Å². The van der Waals surface area contributed by atoms with Crippen LogP contribution >= 0.6 is 24.0 Å². The van der Waals surface area contributed by atoms with Crippen molar-refractivity contribution in [1.29, 1.82) is 0 Å². The zero-order valence-corrected chi connectivity index (χ0v) is 25.9. The topological polar surface area (TPSA) is 43.9 Å². The van der Waals surface area contributed by atoms with Crippen LogP contribution in [0.3, 0.4) is 0 Å². The van der Waals surface area contributed by atoms with Gasteiger partial charge in [0.05, 0.1) is 10.7 Å². The van der Waals surface area contributed by atoms with Crippen LogP contribution in [-0.4, -0.2) is 51.3 Å². The van der Waals surface area contributed by atoms with Crippen molar-refractivity contribution in [2.24, 2.45) is 5.92 Å². The Hall–Kier alpha value is -3.16. The van der Waals surface area contributed by atoms with Crippen molar-refractivity contribution < 1.29 is 9.59 Å². The van der Waals surface area contributed by atoms with Gasteiger partial charge in [0.1, 0.15) is 5.57 Å². The van der Waals surface area contributed by atoms with Gasteiger partial charge in [-0.15, -0.1) is 0 Å². The van der Waals surface area contributed by atoms with E-state index in [0.717, 1.165) is 61.2 Å². The van der Waals surface area contributed by atoms with E-state index in [1.807, 2.05) is 18.2 Å². The average Bonchev–Trinajstić information content (AvgIpc) is 3.77. The third-order valence-corrected chi connectivity index (χ3v) is 9.50. The molecule has 1 aliphatic carbocycles. The first-order chi connectivity index (χ1) is 20.0. The van der Waals surface area contributed by atoms with E-state index in [1.54, 1.807) is 21.6 Å². The van der Waals surface area contributed by atoms with Gasteiger partial charge in [-0.05, 0) is 73.5 Å². The maximum Gasteiger partial charge on any atom is 0.265 e. The lowest BCUT2D eigenvalue weighted by atomic mass is 10.0. The fraction of sp³-hybridized carbons (Fsp3) is 0.382. The van der Waals surface area contributed by atoms with E-state index in [-0.39, 0.29) is 17.4 Å². The van der Waals surface area contributed by atoms with E-state index in [1.165, 1.54) is 16.2 Å². The summed E-state index contributed by atoms with van der Waals surface area (Å²) in [5.41, 5.74) is 4.83. The van der Waals surface area contributed by atoms with E-state index in [4.69, 9.17) is 12.2 Å². The predicted molar refractivity (Wildman–Crippen MR) is 173 cm³/mol. The van der Waals surface area contributed by atoms with Crippen LogP contribution in [0.25, 0.3) is 10.6 Å². The molecule has 0 atom stereocenters. The highest BCUT2D eigenvalue weighted by molar-refractivity contribution is 8.12. The summed E-state index contributed by atoms with van der Waals surface area (Å²) in [6.45, 7) is 8.21. The number of carbonyl (C=O) groups is 2. The van der Waals surface area contributed by atoms with Gasteiger partial charge in [0.2, 0.25) is 0 Å². The number of carbonyl (C=O) groups excluding carboxylic acids is 2. The van der Waals surface area contributed by atoms with Crippen molar-refractivity contribution in [1.82, 2.24) is 14.7 Å². The molecule has 0 bridgehead atoms. The highest BCUT2D eigenvalue weighted by atomic mass is 32.2. The van der Waals surface area contributed by atoms with Crippen LogP contribution < -0.4 is 0 Å². The van der Waals surface area contributed by atoms with Gasteiger partial charge in [-0.1, -0.05) is 99.1 Å². The minimum Gasteiger partial charge on any atom is -0.335 e. The van der Waals surface area contributed by atoms with Gasteiger partial charge in [-0.3, -0.25) is 19.4 Å². The molecule has 1 saturated heterocycles. The Bertz CT molecular complexity index is 1360. The molecule has 3 aliphatic rings. The summed E-state index contributed by atoms with van der Waals surface area (Å²) >= 11 is 7.46. The zero-order chi connectivity index (χ0) is 28.9. The maximum absolute atomic E-state index is 13.9. The molecule has 0 spiro atoms. The first kappa shape index (κ1) is 29.3. The van der Waals surface area contributed by atoms with Gasteiger partial charge in [0.15, 0.2) is 5.11 Å². The van der Waals surface area contributed by atoms with Crippen molar-refractivity contribution in [3.05, 3.63) is 94.0 Å². The second-order valence-corrected chi connectivity index (χ2v) is 12.1. The number of thiocarbonyl (C=S) groups is 1. The van der Waals surface area contributed by atoms with Crippen LogP contribution in [0.5, 0.6) is 0 Å². The van der Waals surface area contributed by atoms with Gasteiger partial charge in [0.25, 0.3) is 11.8 Å². The molecule has 2 aromatic rings. The summed E-state index contributed by atoms with van der Waals surface area (Å²) in [5, 5.41) is 1.47. The van der Waals surface area contributed by atoms with Gasteiger partial charge in [0, 0.05) is 24.5 Å². The predicted octanol–water partition coefficient (Wildman–Crippen LogP) is 7.69. The highest BCUT2D eigenvalue weighted by Crippen LogP contribution is 2.54. The largest absolute Gasteiger partial charge is 0.335 e. The standard InChI is InChI=1S/C34H39N3O2S2/c1-4-7-21-36-31(38)28(32(39)37(34(36)40)22-8-5-2)23-27(24-19-20-24)33-35(6-3)29(25-15-11-9-12-16-25)30(41-33)26-17-13-10-14-18-26/h9-18,23-24H,4-8,19-22H2,1-3H3. The maximum atomic E-state index is 13.9. The Kier molecular flexibility index (Phi) is 9.46. The Balaban J connectivity index is 1.63. The molecule has 2 aliphatic heterocycles. The van der Waals surface area contributed by atoms with Crippen molar-refractivity contribution in [2.45, 2.75) is 59.3 Å². The van der Waals surface area contributed by atoms with Crippen molar-refractivity contribution in [3.8, 4) is 0 Å². The van der Waals surface area contributed by atoms with Crippen LogP contribution in [0.2, 0.25) is 0 Å². The Morgan fingerprint density at radius 3 is 1.85 bits per heavy atom. The molecule has 1 saturated carbocycles. The zero-order valence-electron chi connectivity index (χ0n) is 24.3. The molecule has 0 radical (unpaired) electrons. The van der Waals surface area contributed by atoms with Gasteiger partial charge < -0.3 is 4.90 Å². The number of hydrogen-bond acceptors (Lipinski definition) is 5. The molecule has 2 heterocycles. The highest BCUT2D eigenvalue weighted by Gasteiger charge is 2.41. The van der Waals surface area contributed by atoms with Crippen molar-refractivity contribution >= 4 is 51.5 Å². The fourth-order valence-electron chi connectivity index (χ4n) is 5.36. The number of unbranched alkanes of at least 4 members (excludes halogenated alkanes) is 2. The molecule has 5 rings (SSSR count). The monoisotopic (exact) mass is 585 g/mol. The van der Waals surface area contributed by atoms with Crippen LogP contribution in [0.4, 0.5) is 0 Å². The molecule has 2 amide bonds. The lowest BCUT2D eigenvalue weighted by Gasteiger charge is -2.37. The van der Waals surface area contributed by atoms with E-state index in [9.17, 15) is 9.59 Å². The number of rotatable bonds is 11. The lowest BCUT2D eigenvalue weighted by Crippen LogP contribution is -2.56. The average molecular weight is 586 g/mol. The summed E-state index contributed by atoms with van der Waals surface area (Å²) in [7, 11) is 0. The Morgan fingerprint density at radius 2 is 1.37 bits per heavy atom. The molecule has 0 aromatic heterocycles. The summed E-state index contributed by atoms with van der Waals surface area (Å²) < 4.78 is 0. The third-order valence-electron chi connectivity index (χ3n) is 7.78. The molecule has 41 heavy (non-hydrogen) atoms. The van der Waals surface area contributed by atoms with Crippen molar-refractivity contribution in [2.75, 3.05) is 19.6 Å². The molecule has 0 unspecified atom stereocenters. The first-order valence-electron chi connectivity index (χ1n) is 14.9. The van der Waals surface area contributed by atoms with E-state index >= 15 is 0 Å². The second kappa shape index (κ2) is 13.2. The quantitative estimate of drug-likeness (QED) is 0.154. The number of amides is 2. The Morgan fingerprint density at radius 1 is 0.829 bits per heavy atom. The minimum absolute atomic E-state index is 0.242. The van der Waals surface area contributed by atoms with Crippen LogP contribution in [0.1, 0.15) is 70.4 Å². The fourth-order valence-corrected chi connectivity index (χ4v) is 7.16. The van der Waals surface area contributed by atoms with Gasteiger partial charge in [-0.25, -0.2) is 0 Å². The van der Waals surface area contributed by atoms with Crippen LogP contribution in [-0.2, 0) is 9.59 Å². The summed E-state index contributed by atoms with van der Waals surface area (Å²) in [6, 6.07) is 21.0. The summed E-state index contributed by atoms with van der Waals surface area (Å²) in [5.74, 6) is -0.190. The van der Waals surface area contributed by atoms with E-state index in [0.29, 0.717) is 24.1 Å². The number of hydrogen-bond donors (Lipinski definition) is 0. The smallest absolute Gasteiger partial charge is 0.265 e. The second-order valence-electron chi connectivity index (χ2n) is 10.8. The molecule has 214 valence electrons. The Labute approximate surface area is 254 Å². The summed E-state index contributed by atoms with van der Waals surface area (Å²) in [4.78, 5) is 34.6. The molecular formula is C34H39N3O2S2. The lowest BCUT2D eigenvalue weighted by molar-refractivity contribution is -0.133. The molecular weight excluding hydrogens is 547 g/mol. The van der Waals surface area contributed by atoms with E-state index in [2.05, 4.69) is 74.2 Å². The molecule has 2 fully saturated rings. The minimum atomic E-state index is -0.259.